The van der Waals surface area contributed by atoms with Crippen molar-refractivity contribution in [3.05, 3.63) is 83.5 Å². The third kappa shape index (κ3) is 5.08. The number of alkyl halides is 3. The Balaban J connectivity index is 1.68. The summed E-state index contributed by atoms with van der Waals surface area (Å²) in [6.07, 6.45) is -2.01. The molecule has 224 valence electrons. The molecule has 1 amide bonds. The molecular weight excluding hydrogens is 578 g/mol. The fraction of sp³-hybridized carbons (Fsp3) is 0.379. The number of hydrogen-bond donors (Lipinski definition) is 2. The first-order valence-electron chi connectivity index (χ1n) is 13.3. The van der Waals surface area contributed by atoms with E-state index in [9.17, 15) is 35.9 Å². The Hall–Kier alpha value is -3.71. The number of benzene rings is 2. The number of fused-ring (bicyclic) bond motifs is 2. The third-order valence-electron chi connectivity index (χ3n) is 8.22. The first-order valence-corrected chi connectivity index (χ1v) is 14.7. The molecule has 0 bridgehead atoms. The van der Waals surface area contributed by atoms with Crippen LogP contribution in [0.4, 0.5) is 29.3 Å². The van der Waals surface area contributed by atoms with Gasteiger partial charge in [0.25, 0.3) is 15.9 Å². The topological polar surface area (TPSA) is 113 Å². The largest absolute Gasteiger partial charge is 0.432 e. The van der Waals surface area contributed by atoms with E-state index in [1.165, 1.54) is 35.0 Å². The monoisotopic (exact) mass is 607 g/mol. The van der Waals surface area contributed by atoms with E-state index < -0.39 is 57.8 Å². The van der Waals surface area contributed by atoms with E-state index in [2.05, 4.69) is 10.3 Å². The Kier molecular flexibility index (Phi) is 7.46. The first-order chi connectivity index (χ1) is 19.7. The van der Waals surface area contributed by atoms with Crippen LogP contribution in [0, 0.1) is 5.82 Å². The highest BCUT2D eigenvalue weighted by Gasteiger charge is 2.62. The summed E-state index contributed by atoms with van der Waals surface area (Å²) in [7, 11) is -4.35. The van der Waals surface area contributed by atoms with Crippen molar-refractivity contribution in [3.8, 4) is 0 Å². The second kappa shape index (κ2) is 10.5. The predicted octanol–water partition coefficient (Wildman–Crippen LogP) is 6.11. The molecule has 0 saturated heterocycles. The van der Waals surface area contributed by atoms with Crippen LogP contribution in [0.1, 0.15) is 61.9 Å². The normalized spacial score (nSPS) is 24.0. The number of anilines is 2. The van der Waals surface area contributed by atoms with E-state index >= 15 is 0 Å². The smallest absolute Gasteiger partial charge is 0.417 e. The highest BCUT2D eigenvalue weighted by molar-refractivity contribution is 7.92. The average molecular weight is 608 g/mol. The number of allylic oxidation sites excluding steroid dienone is 1. The quantitative estimate of drug-likeness (QED) is 0.259. The molecule has 5 rings (SSSR count). The fourth-order valence-corrected chi connectivity index (χ4v) is 7.72. The highest BCUT2D eigenvalue weighted by atomic mass is 32.2. The molecule has 8 nitrogen and oxygen atoms in total. The van der Waals surface area contributed by atoms with E-state index in [1.54, 1.807) is 0 Å². The number of aromatic nitrogens is 1. The number of oxazole rings is 1. The Labute approximate surface area is 240 Å². The fourth-order valence-electron chi connectivity index (χ4n) is 5.98. The molecule has 1 saturated carbocycles. The molecule has 3 aromatic rings. The van der Waals surface area contributed by atoms with Gasteiger partial charge < -0.3 is 9.52 Å². The first kappa shape index (κ1) is 29.8. The lowest BCUT2D eigenvalue weighted by atomic mass is 9.62. The number of amides is 1. The Morgan fingerprint density at radius 2 is 1.81 bits per heavy atom. The van der Waals surface area contributed by atoms with Crippen molar-refractivity contribution >= 4 is 27.6 Å². The van der Waals surface area contributed by atoms with Gasteiger partial charge in [0.2, 0.25) is 0 Å². The molecule has 2 aromatic carbocycles. The summed E-state index contributed by atoms with van der Waals surface area (Å²) < 4.78 is 89.8. The number of nitrogens with zero attached hydrogens (tertiary/aromatic N) is 2. The highest BCUT2D eigenvalue weighted by Crippen LogP contribution is 2.59. The molecule has 1 unspecified atom stereocenters. The molecule has 1 aliphatic heterocycles. The van der Waals surface area contributed by atoms with Crippen molar-refractivity contribution in [2.24, 2.45) is 0 Å². The zero-order valence-electron chi connectivity index (χ0n) is 22.8. The molecule has 42 heavy (non-hydrogen) atoms. The number of halogens is 4. The molecule has 1 aliphatic carbocycles. The number of carbonyl (C=O) groups excluding carboxylic acids is 1. The maximum atomic E-state index is 14.2. The second-order valence-corrected chi connectivity index (χ2v) is 12.8. The molecular formula is C29H29F4N3O5S. The van der Waals surface area contributed by atoms with Gasteiger partial charge in [0.05, 0.1) is 22.8 Å². The number of sulfonamides is 1. The van der Waals surface area contributed by atoms with Crippen LogP contribution >= 0.6 is 0 Å². The average Bonchev–Trinajstić information content (AvgIpc) is 3.53. The van der Waals surface area contributed by atoms with Gasteiger partial charge in [0, 0.05) is 11.0 Å². The van der Waals surface area contributed by atoms with Gasteiger partial charge in [-0.3, -0.25) is 14.4 Å². The van der Waals surface area contributed by atoms with Gasteiger partial charge in [-0.15, -0.1) is 0 Å². The second-order valence-electron chi connectivity index (χ2n) is 11.0. The zero-order valence-corrected chi connectivity index (χ0v) is 23.6. The van der Waals surface area contributed by atoms with E-state index in [0.29, 0.717) is 5.56 Å². The third-order valence-corrected chi connectivity index (χ3v) is 10.1. The molecule has 2 N–H and O–H groups in total. The molecule has 2 heterocycles. The van der Waals surface area contributed by atoms with Crippen LogP contribution < -0.4 is 9.62 Å². The maximum Gasteiger partial charge on any atom is 0.417 e. The van der Waals surface area contributed by atoms with Crippen LogP contribution in [-0.4, -0.2) is 42.2 Å². The molecule has 1 spiro atoms. The van der Waals surface area contributed by atoms with E-state index in [1.807, 2.05) is 19.9 Å². The van der Waals surface area contributed by atoms with E-state index in [-0.39, 0.29) is 41.4 Å². The number of rotatable bonds is 6. The molecule has 1 atom stereocenters. The molecule has 13 heteroatoms. The standard InChI is InChI=1S/C29H29F4N3O5S/c1-18(2)3-10-24-27(11-13-28(38,14-12-27)29(31,32)33)22-17-19(25(37)35-26-34-15-16-41-26)4-9-23(22)36(24)42(39,40)21-7-5-20(30)6-8-21/h3-9,15-17,24,38H,10-14H2,1-2H3,(H,34,35,37). The summed E-state index contributed by atoms with van der Waals surface area (Å²) >= 11 is 0. The number of nitrogens with one attached hydrogen (secondary N) is 1. The van der Waals surface area contributed by atoms with Crippen molar-refractivity contribution in [2.75, 3.05) is 9.62 Å². The predicted molar refractivity (Wildman–Crippen MR) is 146 cm³/mol. The molecule has 1 fully saturated rings. The minimum atomic E-state index is -4.87. The Morgan fingerprint density at radius 1 is 1.14 bits per heavy atom. The van der Waals surface area contributed by atoms with Crippen molar-refractivity contribution in [3.63, 3.8) is 0 Å². The number of aliphatic hydroxyl groups is 1. The van der Waals surface area contributed by atoms with Gasteiger partial charge in [0.15, 0.2) is 5.60 Å². The SMILES string of the molecule is CC(C)=CCC1N(S(=O)(=O)c2ccc(F)cc2)c2ccc(C(=O)Nc3ncco3)cc2C12CCC(O)(C(F)(F)F)CC2. The van der Waals surface area contributed by atoms with Gasteiger partial charge in [-0.25, -0.2) is 17.8 Å². The Bertz CT molecular complexity index is 1610. The van der Waals surface area contributed by atoms with Gasteiger partial charge in [-0.2, -0.15) is 13.2 Å². The minimum absolute atomic E-state index is 0.0648. The van der Waals surface area contributed by atoms with Crippen LogP contribution in [0.2, 0.25) is 0 Å². The summed E-state index contributed by atoms with van der Waals surface area (Å²) in [5.74, 6) is -1.24. The van der Waals surface area contributed by atoms with Gasteiger partial charge in [-0.1, -0.05) is 11.6 Å². The lowest BCUT2D eigenvalue weighted by Crippen LogP contribution is -2.55. The van der Waals surface area contributed by atoms with Crippen molar-refractivity contribution in [2.45, 2.75) is 74.1 Å². The van der Waals surface area contributed by atoms with Crippen LogP contribution in [0.5, 0.6) is 0 Å². The van der Waals surface area contributed by atoms with E-state index in [4.69, 9.17) is 4.42 Å². The maximum absolute atomic E-state index is 14.2. The minimum Gasteiger partial charge on any atom is -0.432 e. The summed E-state index contributed by atoms with van der Waals surface area (Å²) in [4.78, 5) is 16.7. The van der Waals surface area contributed by atoms with Crippen molar-refractivity contribution in [1.82, 2.24) is 4.98 Å². The van der Waals surface area contributed by atoms with Gasteiger partial charge in [-0.05, 0) is 94.0 Å². The molecule has 1 aromatic heterocycles. The van der Waals surface area contributed by atoms with E-state index in [0.717, 1.165) is 29.8 Å². The van der Waals surface area contributed by atoms with Gasteiger partial charge in [0.1, 0.15) is 12.1 Å². The summed E-state index contributed by atoms with van der Waals surface area (Å²) in [6, 6.07) is 7.71. The van der Waals surface area contributed by atoms with Crippen LogP contribution in [0.15, 0.2) is 75.9 Å². The summed E-state index contributed by atoms with van der Waals surface area (Å²) in [5.41, 5.74) is -2.53. The number of hydrogen-bond acceptors (Lipinski definition) is 6. The summed E-state index contributed by atoms with van der Waals surface area (Å²) in [6.45, 7) is 3.64. The van der Waals surface area contributed by atoms with Crippen LogP contribution in [0.3, 0.4) is 0 Å². The van der Waals surface area contributed by atoms with Crippen molar-refractivity contribution in [1.29, 1.82) is 0 Å². The molecule has 0 radical (unpaired) electrons. The molecule has 2 aliphatic rings. The van der Waals surface area contributed by atoms with Crippen LogP contribution in [-0.2, 0) is 15.4 Å². The van der Waals surface area contributed by atoms with Crippen LogP contribution in [0.25, 0.3) is 0 Å². The van der Waals surface area contributed by atoms with Crippen molar-refractivity contribution < 1.29 is 40.3 Å². The zero-order chi connectivity index (χ0) is 30.5. The lowest BCUT2D eigenvalue weighted by molar-refractivity contribution is -0.273. The van der Waals surface area contributed by atoms with Gasteiger partial charge >= 0.3 is 12.2 Å². The number of carbonyl (C=O) groups is 1. The lowest BCUT2D eigenvalue weighted by Gasteiger charge is -2.46. The summed E-state index contributed by atoms with van der Waals surface area (Å²) in [5, 5.41) is 13.0. The Morgan fingerprint density at radius 3 is 2.38 bits per heavy atom.